The molecule has 1 aliphatic rings. The molecule has 1 rings (SSSR count). The van der Waals surface area contributed by atoms with E-state index >= 15 is 0 Å². The Hall–Kier alpha value is -0.0300. The van der Waals surface area contributed by atoms with Gasteiger partial charge in [-0.1, -0.05) is 0 Å². The van der Waals surface area contributed by atoms with E-state index in [1.807, 2.05) is 0 Å². The van der Waals surface area contributed by atoms with E-state index in [4.69, 9.17) is 0 Å². The van der Waals surface area contributed by atoms with Crippen LogP contribution in [0.25, 0.3) is 0 Å². The Labute approximate surface area is 64.8 Å². The first kappa shape index (κ1) is 7.08. The van der Waals surface area contributed by atoms with Crippen LogP contribution in [0.3, 0.4) is 0 Å². The molecule has 0 amide bonds. The molecule has 1 aliphatic heterocycles. The molecule has 0 N–H and O–H groups in total. The summed E-state index contributed by atoms with van der Waals surface area (Å²) >= 11 is 4.44. The first-order chi connectivity index (χ1) is 4.15. The van der Waals surface area contributed by atoms with Crippen LogP contribution in [0.5, 0.6) is 0 Å². The van der Waals surface area contributed by atoms with E-state index < -0.39 is 4.45 Å². The summed E-state index contributed by atoms with van der Waals surface area (Å²) in [5, 5.41) is 12.0. The number of hydrogen-bond acceptors (Lipinski definition) is 3. The van der Waals surface area contributed by atoms with Crippen LogP contribution in [0.1, 0.15) is 0 Å². The molecule has 0 aliphatic carbocycles. The molecule has 0 radical (unpaired) electrons. The van der Waals surface area contributed by atoms with Crippen LogP contribution in [0.2, 0.25) is 0 Å². The second-order valence-corrected chi connectivity index (χ2v) is 3.96. The number of nitrogens with zero attached hydrogens (tertiary/aromatic N) is 1. The summed E-state index contributed by atoms with van der Waals surface area (Å²) in [5.41, 5.74) is 0. The van der Waals surface area contributed by atoms with Crippen molar-refractivity contribution in [1.29, 1.82) is 0 Å². The quantitative estimate of drug-likeness (QED) is 0.286. The van der Waals surface area contributed by atoms with Gasteiger partial charge in [-0.05, 0) is 5.41 Å². The summed E-state index contributed by atoms with van der Waals surface area (Å²) < 4.78 is -0.988. The molecule has 0 bridgehead atoms. The zero-order valence-corrected chi connectivity index (χ0v) is 6.81. The van der Waals surface area contributed by atoms with E-state index in [2.05, 4.69) is 15.9 Å². The smallest absolute Gasteiger partial charge is 0.263 e. The van der Waals surface area contributed by atoms with Crippen molar-refractivity contribution >= 4 is 27.7 Å². The fourth-order valence-electron chi connectivity index (χ4n) is 0.479. The third-order valence-electron chi connectivity index (χ3n) is 1.01. The maximum absolute atomic E-state index is 10.2. The van der Waals surface area contributed by atoms with Crippen LogP contribution in [0, 0.1) is 10.1 Å². The first-order valence-corrected chi connectivity index (χ1v) is 4.12. The number of thioether (sulfide) groups is 1. The van der Waals surface area contributed by atoms with Gasteiger partial charge in [0.15, 0.2) is 0 Å². The van der Waals surface area contributed by atoms with Crippen molar-refractivity contribution < 1.29 is 4.92 Å². The van der Waals surface area contributed by atoms with E-state index in [1.54, 1.807) is 11.5 Å². The number of alkyl halides is 1. The van der Waals surface area contributed by atoms with E-state index in [0.717, 1.165) is 0 Å². The van der Waals surface area contributed by atoms with Crippen LogP contribution in [0.4, 0.5) is 0 Å². The van der Waals surface area contributed by atoms with Crippen molar-refractivity contribution in [2.75, 3.05) is 5.75 Å². The van der Waals surface area contributed by atoms with Gasteiger partial charge in [-0.2, -0.15) is 0 Å². The Morgan fingerprint density at radius 1 is 1.89 bits per heavy atom. The number of halogens is 1. The highest BCUT2D eigenvalue weighted by Crippen LogP contribution is 2.32. The van der Waals surface area contributed by atoms with E-state index in [1.165, 1.54) is 11.8 Å². The minimum absolute atomic E-state index is 0.330. The van der Waals surface area contributed by atoms with Gasteiger partial charge in [0.1, 0.15) is 0 Å². The molecule has 0 saturated carbocycles. The molecule has 3 nitrogen and oxygen atoms in total. The van der Waals surface area contributed by atoms with Crippen LogP contribution >= 0.6 is 27.7 Å². The third-order valence-corrected chi connectivity index (χ3v) is 3.15. The topological polar surface area (TPSA) is 43.1 Å². The summed E-state index contributed by atoms with van der Waals surface area (Å²) in [6.07, 6.45) is 1.55. The van der Waals surface area contributed by atoms with Crippen molar-refractivity contribution in [3.05, 3.63) is 21.6 Å². The van der Waals surface area contributed by atoms with E-state index in [0.29, 0.717) is 5.75 Å². The van der Waals surface area contributed by atoms with Crippen LogP contribution < -0.4 is 0 Å². The Morgan fingerprint density at radius 2 is 2.56 bits per heavy atom. The summed E-state index contributed by atoms with van der Waals surface area (Å²) in [7, 11) is 0. The van der Waals surface area contributed by atoms with Gasteiger partial charge in [-0.25, -0.2) is 0 Å². The lowest BCUT2D eigenvalue weighted by Gasteiger charge is -2.06. The van der Waals surface area contributed by atoms with Gasteiger partial charge in [0.25, 0.3) is 0 Å². The highest BCUT2D eigenvalue weighted by atomic mass is 79.9. The Balaban J connectivity index is 2.74. The maximum atomic E-state index is 10.2. The fraction of sp³-hybridized carbons (Fsp3) is 0.500. The fourth-order valence-corrected chi connectivity index (χ4v) is 2.04. The minimum Gasteiger partial charge on any atom is -0.263 e. The Bertz CT molecular complexity index is 172. The average Bonchev–Trinajstić information content (AvgIpc) is 2.16. The van der Waals surface area contributed by atoms with Crippen molar-refractivity contribution in [3.8, 4) is 0 Å². The standard InChI is InChI=1S/C4H4BrNO2S/c5-4(6(7)8)1-2-9-3-4/h1-2H,3H2. The maximum Gasteiger partial charge on any atom is 0.302 e. The summed E-state index contributed by atoms with van der Waals surface area (Å²) in [4.78, 5) is 9.89. The van der Waals surface area contributed by atoms with Gasteiger partial charge in [-0.15, -0.1) is 11.8 Å². The lowest BCUT2D eigenvalue weighted by molar-refractivity contribution is -0.515. The molecule has 1 heterocycles. The van der Waals surface area contributed by atoms with Gasteiger partial charge in [-0.3, -0.25) is 10.1 Å². The normalized spacial score (nSPS) is 33.0. The molecule has 5 heteroatoms. The van der Waals surface area contributed by atoms with Gasteiger partial charge >= 0.3 is 4.45 Å². The van der Waals surface area contributed by atoms with Crippen LogP contribution in [-0.4, -0.2) is 15.1 Å². The van der Waals surface area contributed by atoms with Crippen molar-refractivity contribution in [1.82, 2.24) is 0 Å². The highest BCUT2D eigenvalue weighted by molar-refractivity contribution is 9.10. The minimum atomic E-state index is -0.988. The van der Waals surface area contributed by atoms with Gasteiger partial charge in [0, 0.05) is 26.9 Å². The monoisotopic (exact) mass is 209 g/mol. The molecular weight excluding hydrogens is 206 g/mol. The van der Waals surface area contributed by atoms with Gasteiger partial charge < -0.3 is 0 Å². The lowest BCUT2D eigenvalue weighted by atomic mass is 10.4. The number of nitro groups is 1. The van der Waals surface area contributed by atoms with Gasteiger partial charge in [0.05, 0.1) is 5.75 Å². The van der Waals surface area contributed by atoms with Crippen molar-refractivity contribution in [2.45, 2.75) is 4.45 Å². The molecule has 0 saturated heterocycles. The molecule has 9 heavy (non-hydrogen) atoms. The van der Waals surface area contributed by atoms with Crippen molar-refractivity contribution in [3.63, 3.8) is 0 Å². The molecule has 0 fully saturated rings. The first-order valence-electron chi connectivity index (χ1n) is 2.28. The number of rotatable bonds is 1. The van der Waals surface area contributed by atoms with Crippen LogP contribution in [0.15, 0.2) is 11.5 Å². The molecule has 0 aromatic heterocycles. The van der Waals surface area contributed by atoms with E-state index in [-0.39, 0.29) is 4.92 Å². The largest absolute Gasteiger partial charge is 0.302 e. The zero-order chi connectivity index (χ0) is 6.91. The van der Waals surface area contributed by atoms with Gasteiger partial charge in [0.2, 0.25) is 0 Å². The third kappa shape index (κ3) is 1.27. The predicted molar refractivity (Wildman–Crippen MR) is 40.3 cm³/mol. The molecule has 50 valence electrons. The van der Waals surface area contributed by atoms with Crippen molar-refractivity contribution in [2.24, 2.45) is 0 Å². The summed E-state index contributed by atoms with van der Waals surface area (Å²) in [5.74, 6) is 0.486. The molecule has 0 aromatic carbocycles. The number of hydrogen-bond donors (Lipinski definition) is 0. The SMILES string of the molecule is O=[N+]([O-])C1(Br)C=CSC1. The van der Waals surface area contributed by atoms with E-state index in [9.17, 15) is 10.1 Å². The molecule has 1 unspecified atom stereocenters. The Morgan fingerprint density at radius 3 is 2.78 bits per heavy atom. The predicted octanol–water partition coefficient (Wildman–Crippen LogP) is 1.61. The highest BCUT2D eigenvalue weighted by Gasteiger charge is 2.39. The molecule has 1 atom stereocenters. The second kappa shape index (κ2) is 2.30. The lowest BCUT2D eigenvalue weighted by Crippen LogP contribution is -2.28. The second-order valence-electron chi connectivity index (χ2n) is 1.69. The van der Waals surface area contributed by atoms with Crippen LogP contribution in [-0.2, 0) is 0 Å². The molecule has 0 aromatic rings. The zero-order valence-electron chi connectivity index (χ0n) is 4.41. The summed E-state index contributed by atoms with van der Waals surface area (Å²) in [6.45, 7) is 0. The average molecular weight is 210 g/mol. The summed E-state index contributed by atoms with van der Waals surface area (Å²) in [6, 6.07) is 0. The molecule has 0 spiro atoms. The Kier molecular flexibility index (Phi) is 1.81. The molecular formula is C4H4BrNO2S.